The second-order valence-corrected chi connectivity index (χ2v) is 4.20. The summed E-state index contributed by atoms with van der Waals surface area (Å²) in [6.07, 6.45) is 4.24. The topological polar surface area (TPSA) is 69.2 Å². The number of hydrogen-bond donors (Lipinski definition) is 1. The minimum absolute atomic E-state index is 0.0259. The fraction of sp³-hybridized carbons (Fsp3) is 0.846. The van der Waals surface area contributed by atoms with Gasteiger partial charge in [-0.15, -0.1) is 0 Å². The van der Waals surface area contributed by atoms with E-state index in [1.54, 1.807) is 0 Å². The third-order valence-corrected chi connectivity index (χ3v) is 2.74. The summed E-state index contributed by atoms with van der Waals surface area (Å²) < 4.78 is 11.0. The van der Waals surface area contributed by atoms with Crippen molar-refractivity contribution in [2.75, 3.05) is 26.3 Å². The van der Waals surface area contributed by atoms with Crippen LogP contribution in [0.2, 0.25) is 0 Å². The van der Waals surface area contributed by atoms with E-state index in [4.69, 9.17) is 15.2 Å². The lowest BCUT2D eigenvalue weighted by Crippen LogP contribution is -2.30. The number of aliphatic imine (C=N–C) groups is 2. The molecule has 1 heterocycles. The van der Waals surface area contributed by atoms with E-state index < -0.39 is 0 Å². The van der Waals surface area contributed by atoms with E-state index in [0.717, 1.165) is 44.0 Å². The van der Waals surface area contributed by atoms with Crippen molar-refractivity contribution in [1.29, 1.82) is 0 Å². The molecule has 104 valence electrons. The van der Waals surface area contributed by atoms with Crippen molar-refractivity contribution >= 4 is 11.8 Å². The highest BCUT2D eigenvalue weighted by Crippen LogP contribution is 2.13. The van der Waals surface area contributed by atoms with Crippen LogP contribution in [0.1, 0.15) is 39.5 Å². The largest absolute Gasteiger partial charge is 0.480 e. The van der Waals surface area contributed by atoms with Gasteiger partial charge in [-0.2, -0.15) is 0 Å². The molecule has 0 amide bonds. The summed E-state index contributed by atoms with van der Waals surface area (Å²) in [7, 11) is 0. The monoisotopic (exact) mass is 255 g/mol. The Kier molecular flexibility index (Phi) is 7.41. The molecule has 5 heteroatoms. The Balaban J connectivity index is 2.48. The first-order valence-electron chi connectivity index (χ1n) is 6.88. The van der Waals surface area contributed by atoms with Crippen LogP contribution in [0.3, 0.4) is 0 Å². The molecular weight excluding hydrogens is 230 g/mol. The zero-order valence-electron chi connectivity index (χ0n) is 11.5. The molecule has 5 nitrogen and oxygen atoms in total. The summed E-state index contributed by atoms with van der Waals surface area (Å²) in [5.74, 6) is 1.48. The lowest BCUT2D eigenvalue weighted by Gasteiger charge is -2.21. The van der Waals surface area contributed by atoms with Gasteiger partial charge >= 0.3 is 0 Å². The normalized spacial score (nSPS) is 19.2. The quantitative estimate of drug-likeness (QED) is 0.705. The van der Waals surface area contributed by atoms with E-state index in [1.807, 2.05) is 13.8 Å². The van der Waals surface area contributed by atoms with Gasteiger partial charge in [0.1, 0.15) is 12.6 Å². The molecule has 0 aromatic rings. The number of ether oxygens (including phenoxy) is 2. The van der Waals surface area contributed by atoms with Gasteiger partial charge < -0.3 is 15.2 Å². The van der Waals surface area contributed by atoms with Crippen LogP contribution in [-0.4, -0.2) is 44.1 Å². The fourth-order valence-electron chi connectivity index (χ4n) is 1.91. The third kappa shape index (κ3) is 5.04. The van der Waals surface area contributed by atoms with Crippen molar-refractivity contribution in [1.82, 2.24) is 0 Å². The van der Waals surface area contributed by atoms with Crippen LogP contribution in [0.4, 0.5) is 0 Å². The smallest absolute Gasteiger partial charge is 0.209 e. The molecule has 1 atom stereocenters. The van der Waals surface area contributed by atoms with E-state index in [2.05, 4.69) is 9.98 Å². The van der Waals surface area contributed by atoms with Crippen LogP contribution >= 0.6 is 0 Å². The minimum Gasteiger partial charge on any atom is -0.480 e. The average molecular weight is 255 g/mol. The van der Waals surface area contributed by atoms with E-state index in [1.165, 1.54) is 0 Å². The Morgan fingerprint density at radius 1 is 1.17 bits per heavy atom. The molecule has 0 radical (unpaired) electrons. The summed E-state index contributed by atoms with van der Waals surface area (Å²) >= 11 is 0. The predicted molar refractivity (Wildman–Crippen MR) is 74.3 cm³/mol. The van der Waals surface area contributed by atoms with Crippen LogP contribution in [0.5, 0.6) is 0 Å². The molecule has 1 aliphatic heterocycles. The summed E-state index contributed by atoms with van der Waals surface area (Å²) in [6, 6.07) is 0.0259. The molecular formula is C13H25N3O2. The van der Waals surface area contributed by atoms with Crippen molar-refractivity contribution in [3.8, 4) is 0 Å². The van der Waals surface area contributed by atoms with Gasteiger partial charge in [-0.25, -0.2) is 9.98 Å². The molecule has 0 bridgehead atoms. The van der Waals surface area contributed by atoms with Gasteiger partial charge in [-0.05, 0) is 33.2 Å². The molecule has 0 spiro atoms. The van der Waals surface area contributed by atoms with E-state index in [9.17, 15) is 0 Å². The van der Waals surface area contributed by atoms with Crippen LogP contribution in [0, 0.1) is 0 Å². The maximum atomic E-state index is 5.54. The number of hydrogen-bond acceptors (Lipinski definition) is 5. The Morgan fingerprint density at radius 2 is 1.94 bits per heavy atom. The molecule has 0 saturated carbocycles. The Bertz CT molecular complexity index is 290. The third-order valence-electron chi connectivity index (χ3n) is 2.74. The molecule has 1 aliphatic rings. The minimum atomic E-state index is 0.0259. The first kappa shape index (κ1) is 15.0. The van der Waals surface area contributed by atoms with Crippen molar-refractivity contribution in [2.24, 2.45) is 15.7 Å². The second-order valence-electron chi connectivity index (χ2n) is 4.20. The average Bonchev–Trinajstić information content (AvgIpc) is 2.38. The molecule has 0 aliphatic carbocycles. The van der Waals surface area contributed by atoms with Crippen molar-refractivity contribution < 1.29 is 9.47 Å². The maximum absolute atomic E-state index is 5.54. The Labute approximate surface area is 109 Å². The number of rotatable bonds is 7. The molecule has 0 aromatic carbocycles. The van der Waals surface area contributed by atoms with Crippen molar-refractivity contribution in [2.45, 2.75) is 45.6 Å². The Hall–Kier alpha value is -1.10. The summed E-state index contributed by atoms with van der Waals surface area (Å²) in [6.45, 7) is 6.46. The maximum Gasteiger partial charge on any atom is 0.209 e. The summed E-state index contributed by atoms with van der Waals surface area (Å²) in [5.41, 5.74) is 5.49. The lowest BCUT2D eigenvalue weighted by atomic mass is 10.1. The molecule has 0 unspecified atom stereocenters. The van der Waals surface area contributed by atoms with E-state index in [-0.39, 0.29) is 6.04 Å². The van der Waals surface area contributed by atoms with E-state index in [0.29, 0.717) is 19.8 Å². The zero-order valence-corrected chi connectivity index (χ0v) is 11.5. The molecule has 0 aromatic heterocycles. The van der Waals surface area contributed by atoms with Crippen molar-refractivity contribution in [3.63, 3.8) is 0 Å². The van der Waals surface area contributed by atoms with Crippen LogP contribution in [0.25, 0.3) is 0 Å². The molecule has 2 N–H and O–H groups in total. The predicted octanol–water partition coefficient (Wildman–Crippen LogP) is 1.76. The van der Waals surface area contributed by atoms with Gasteiger partial charge in [0.25, 0.3) is 0 Å². The molecule has 1 rings (SSSR count). The first-order chi connectivity index (χ1) is 8.81. The van der Waals surface area contributed by atoms with Gasteiger partial charge in [0.15, 0.2) is 0 Å². The van der Waals surface area contributed by atoms with Gasteiger partial charge in [-0.3, -0.25) is 0 Å². The fourth-order valence-corrected chi connectivity index (χ4v) is 1.91. The van der Waals surface area contributed by atoms with Gasteiger partial charge in [-0.1, -0.05) is 12.8 Å². The number of nitrogens with two attached hydrogens (primary N) is 1. The SMILES string of the molecule is CCOC1=N[C@H](CCCCCN)C(OCC)=NC1. The van der Waals surface area contributed by atoms with Crippen LogP contribution in [0.15, 0.2) is 9.98 Å². The molecule has 0 saturated heterocycles. The van der Waals surface area contributed by atoms with Gasteiger partial charge in [0.05, 0.1) is 13.2 Å². The van der Waals surface area contributed by atoms with E-state index >= 15 is 0 Å². The zero-order chi connectivity index (χ0) is 13.2. The molecule has 18 heavy (non-hydrogen) atoms. The van der Waals surface area contributed by atoms with Gasteiger partial charge in [0, 0.05) is 0 Å². The Morgan fingerprint density at radius 3 is 2.61 bits per heavy atom. The van der Waals surface area contributed by atoms with Crippen molar-refractivity contribution in [3.05, 3.63) is 0 Å². The summed E-state index contributed by atoms with van der Waals surface area (Å²) in [4.78, 5) is 8.99. The molecule has 0 fully saturated rings. The van der Waals surface area contributed by atoms with Crippen LogP contribution in [-0.2, 0) is 9.47 Å². The number of unbranched alkanes of at least 4 members (excludes halogenated alkanes) is 2. The highest BCUT2D eigenvalue weighted by molar-refractivity contribution is 5.91. The van der Waals surface area contributed by atoms with Gasteiger partial charge in [0.2, 0.25) is 11.8 Å². The lowest BCUT2D eigenvalue weighted by molar-refractivity contribution is 0.291. The second kappa shape index (κ2) is 8.91. The van der Waals surface area contributed by atoms with Crippen LogP contribution < -0.4 is 5.73 Å². The number of nitrogens with zero attached hydrogens (tertiary/aromatic N) is 2. The highest BCUT2D eigenvalue weighted by Gasteiger charge is 2.21. The standard InChI is InChI=1S/C13H25N3O2/c1-3-17-12-10-15-13(18-4-2)11(16-12)8-6-5-7-9-14/h11H,3-10,14H2,1-2H3/t11-/m1/s1. The summed E-state index contributed by atoms with van der Waals surface area (Å²) in [5, 5.41) is 0. The highest BCUT2D eigenvalue weighted by atomic mass is 16.5. The first-order valence-corrected chi connectivity index (χ1v) is 6.88.